The lowest BCUT2D eigenvalue weighted by atomic mass is 9.62. The molecule has 1 aliphatic heterocycles. The summed E-state index contributed by atoms with van der Waals surface area (Å²) in [6.45, 7) is 7.05. The van der Waals surface area contributed by atoms with Gasteiger partial charge in [-0.15, -0.1) is 0 Å². The summed E-state index contributed by atoms with van der Waals surface area (Å²) >= 11 is 0. The first-order chi connectivity index (χ1) is 7.55. The first-order valence-electron chi connectivity index (χ1n) is 6.45. The van der Waals surface area contributed by atoms with E-state index in [4.69, 9.17) is 0 Å². The normalized spacial score (nSPS) is 36.4. The first-order valence-corrected chi connectivity index (χ1v) is 6.45. The number of rotatable bonds is 0. The third kappa shape index (κ3) is 1.12. The van der Waals surface area contributed by atoms with Gasteiger partial charge in [-0.2, -0.15) is 0 Å². The van der Waals surface area contributed by atoms with Crippen LogP contribution in [0.4, 0.5) is 5.69 Å². The van der Waals surface area contributed by atoms with E-state index < -0.39 is 0 Å². The Bertz CT molecular complexity index is 437. The van der Waals surface area contributed by atoms with Crippen LogP contribution in [0.2, 0.25) is 0 Å². The molecule has 16 heavy (non-hydrogen) atoms. The SMILES string of the molecule is Cc1ccc2c(c1)[C@]1(C)CCCC[C@]1(C)N2. The van der Waals surface area contributed by atoms with E-state index in [9.17, 15) is 0 Å². The molecule has 0 spiro atoms. The molecule has 0 unspecified atom stereocenters. The molecule has 0 bridgehead atoms. The molecule has 1 saturated carbocycles. The quantitative estimate of drug-likeness (QED) is 0.689. The third-order valence-electron chi connectivity index (χ3n) is 5.00. The summed E-state index contributed by atoms with van der Waals surface area (Å²) in [5, 5.41) is 3.78. The van der Waals surface area contributed by atoms with Gasteiger partial charge in [-0.1, -0.05) is 37.5 Å². The Morgan fingerprint density at radius 3 is 2.69 bits per heavy atom. The Kier molecular flexibility index (Phi) is 1.93. The predicted molar refractivity (Wildman–Crippen MR) is 69.0 cm³/mol. The van der Waals surface area contributed by atoms with Crippen molar-refractivity contribution in [2.24, 2.45) is 0 Å². The zero-order valence-corrected chi connectivity index (χ0v) is 10.6. The molecule has 3 rings (SSSR count). The van der Waals surface area contributed by atoms with Crippen LogP contribution in [0.1, 0.15) is 50.7 Å². The fraction of sp³-hybridized carbons (Fsp3) is 0.600. The Balaban J connectivity index is 2.17. The molecule has 2 atom stereocenters. The second-order valence-corrected chi connectivity index (χ2v) is 6.05. The molecule has 1 fully saturated rings. The minimum atomic E-state index is 0.279. The zero-order valence-electron chi connectivity index (χ0n) is 10.6. The number of anilines is 1. The molecule has 1 N–H and O–H groups in total. The minimum absolute atomic E-state index is 0.279. The summed E-state index contributed by atoms with van der Waals surface area (Å²) in [5.74, 6) is 0. The minimum Gasteiger partial charge on any atom is -0.379 e. The molecular weight excluding hydrogens is 194 g/mol. The lowest BCUT2D eigenvalue weighted by molar-refractivity contribution is 0.214. The van der Waals surface area contributed by atoms with Crippen LogP contribution in [-0.2, 0) is 5.41 Å². The van der Waals surface area contributed by atoms with Gasteiger partial charge in [0.05, 0.1) is 0 Å². The summed E-state index contributed by atoms with van der Waals surface area (Å²) in [4.78, 5) is 0. The first kappa shape index (κ1) is 10.2. The van der Waals surface area contributed by atoms with Gasteiger partial charge in [0.2, 0.25) is 0 Å². The lowest BCUT2D eigenvalue weighted by Gasteiger charge is -2.45. The molecule has 0 saturated heterocycles. The van der Waals surface area contributed by atoms with E-state index in [2.05, 4.69) is 44.3 Å². The molecular formula is C15H21N. The van der Waals surface area contributed by atoms with Crippen molar-refractivity contribution in [3.05, 3.63) is 29.3 Å². The number of hydrogen-bond donors (Lipinski definition) is 1. The van der Waals surface area contributed by atoms with Crippen molar-refractivity contribution in [1.82, 2.24) is 0 Å². The van der Waals surface area contributed by atoms with Crippen molar-refractivity contribution < 1.29 is 0 Å². The van der Waals surface area contributed by atoms with E-state index in [1.54, 1.807) is 5.56 Å². The highest BCUT2D eigenvalue weighted by Crippen LogP contribution is 2.54. The van der Waals surface area contributed by atoms with Crippen LogP contribution < -0.4 is 5.32 Å². The monoisotopic (exact) mass is 215 g/mol. The van der Waals surface area contributed by atoms with Crippen LogP contribution >= 0.6 is 0 Å². The van der Waals surface area contributed by atoms with Crippen LogP contribution in [0.5, 0.6) is 0 Å². The van der Waals surface area contributed by atoms with Gasteiger partial charge < -0.3 is 5.32 Å². The average molecular weight is 215 g/mol. The molecule has 1 heterocycles. The topological polar surface area (TPSA) is 12.0 Å². The number of benzene rings is 1. The van der Waals surface area contributed by atoms with Gasteiger partial charge in [0, 0.05) is 16.6 Å². The highest BCUT2D eigenvalue weighted by Gasteiger charge is 2.52. The molecule has 86 valence electrons. The molecule has 0 radical (unpaired) electrons. The average Bonchev–Trinajstić information content (AvgIpc) is 2.47. The Morgan fingerprint density at radius 2 is 1.88 bits per heavy atom. The number of nitrogens with one attached hydrogen (secondary N) is 1. The van der Waals surface area contributed by atoms with Crippen molar-refractivity contribution >= 4 is 5.69 Å². The van der Waals surface area contributed by atoms with Crippen molar-refractivity contribution in [2.75, 3.05) is 5.32 Å². The predicted octanol–water partition coefficient (Wildman–Crippen LogP) is 4.01. The molecule has 1 aliphatic carbocycles. The van der Waals surface area contributed by atoms with Crippen molar-refractivity contribution in [2.45, 2.75) is 57.4 Å². The summed E-state index contributed by atoms with van der Waals surface area (Å²) in [6, 6.07) is 6.87. The van der Waals surface area contributed by atoms with E-state index in [0.717, 1.165) is 0 Å². The van der Waals surface area contributed by atoms with E-state index in [1.807, 2.05) is 0 Å². The Labute approximate surface area is 98.3 Å². The van der Waals surface area contributed by atoms with Crippen molar-refractivity contribution in [3.63, 3.8) is 0 Å². The van der Waals surface area contributed by atoms with Crippen LogP contribution in [-0.4, -0.2) is 5.54 Å². The maximum Gasteiger partial charge on any atom is 0.0440 e. The van der Waals surface area contributed by atoms with E-state index in [-0.39, 0.29) is 5.54 Å². The highest BCUT2D eigenvalue weighted by atomic mass is 15.0. The number of fused-ring (bicyclic) bond motifs is 3. The van der Waals surface area contributed by atoms with Crippen LogP contribution in [0, 0.1) is 6.92 Å². The zero-order chi connectivity index (χ0) is 11.4. The van der Waals surface area contributed by atoms with Gasteiger partial charge >= 0.3 is 0 Å². The van der Waals surface area contributed by atoms with Gasteiger partial charge in [0.1, 0.15) is 0 Å². The fourth-order valence-corrected chi connectivity index (χ4v) is 3.66. The van der Waals surface area contributed by atoms with Crippen molar-refractivity contribution in [1.29, 1.82) is 0 Å². The number of aryl methyl sites for hydroxylation is 1. The van der Waals surface area contributed by atoms with E-state index >= 15 is 0 Å². The molecule has 1 nitrogen and oxygen atoms in total. The molecule has 1 aromatic rings. The maximum atomic E-state index is 3.78. The molecule has 0 amide bonds. The molecule has 1 heteroatoms. The fourth-order valence-electron chi connectivity index (χ4n) is 3.66. The third-order valence-corrected chi connectivity index (χ3v) is 5.00. The highest BCUT2D eigenvalue weighted by molar-refractivity contribution is 5.65. The second kappa shape index (κ2) is 3.03. The van der Waals surface area contributed by atoms with E-state index in [1.165, 1.54) is 36.9 Å². The summed E-state index contributed by atoms with van der Waals surface area (Å²) in [7, 11) is 0. The lowest BCUT2D eigenvalue weighted by Crippen LogP contribution is -2.50. The van der Waals surface area contributed by atoms with Crippen LogP contribution in [0.25, 0.3) is 0 Å². The second-order valence-electron chi connectivity index (χ2n) is 6.05. The van der Waals surface area contributed by atoms with Crippen LogP contribution in [0.3, 0.4) is 0 Å². The van der Waals surface area contributed by atoms with Gasteiger partial charge in [-0.05, 0) is 38.3 Å². The van der Waals surface area contributed by atoms with Gasteiger partial charge in [-0.25, -0.2) is 0 Å². The summed E-state index contributed by atoms with van der Waals surface area (Å²) in [6.07, 6.45) is 5.37. The number of hydrogen-bond acceptors (Lipinski definition) is 1. The Morgan fingerprint density at radius 1 is 1.12 bits per heavy atom. The summed E-state index contributed by atoms with van der Waals surface area (Å²) in [5.41, 5.74) is 4.93. The summed E-state index contributed by atoms with van der Waals surface area (Å²) < 4.78 is 0. The smallest absolute Gasteiger partial charge is 0.0440 e. The van der Waals surface area contributed by atoms with E-state index in [0.29, 0.717) is 5.41 Å². The molecule has 2 aliphatic rings. The largest absolute Gasteiger partial charge is 0.379 e. The van der Waals surface area contributed by atoms with Crippen molar-refractivity contribution in [3.8, 4) is 0 Å². The molecule has 1 aromatic carbocycles. The van der Waals surface area contributed by atoms with Crippen LogP contribution in [0.15, 0.2) is 18.2 Å². The maximum absolute atomic E-state index is 3.78. The van der Waals surface area contributed by atoms with Gasteiger partial charge in [0.25, 0.3) is 0 Å². The van der Waals surface area contributed by atoms with Gasteiger partial charge in [0.15, 0.2) is 0 Å². The Hall–Kier alpha value is -0.980. The standard InChI is InChI=1S/C15H21N/c1-11-6-7-13-12(10-11)14(2)8-4-5-9-15(14,3)16-13/h6-7,10,16H,4-5,8-9H2,1-3H3/t14-,15-/m0/s1. The molecule has 0 aromatic heterocycles. The van der Waals surface area contributed by atoms with Gasteiger partial charge in [-0.3, -0.25) is 0 Å².